The minimum absolute atomic E-state index is 0.168. The zero-order chi connectivity index (χ0) is 15.7. The fraction of sp³-hybridized carbons (Fsp3) is 0.647. The van der Waals surface area contributed by atoms with E-state index in [1.54, 1.807) is 12.1 Å². The number of rotatable bonds is 4. The maximum atomic E-state index is 13.1. The van der Waals surface area contributed by atoms with Gasteiger partial charge in [-0.2, -0.15) is 0 Å². The predicted octanol–water partition coefficient (Wildman–Crippen LogP) is 4.15. The summed E-state index contributed by atoms with van der Waals surface area (Å²) in [5.41, 5.74) is 1.21. The van der Waals surface area contributed by atoms with Crippen molar-refractivity contribution in [1.29, 1.82) is 0 Å². The van der Waals surface area contributed by atoms with Crippen LogP contribution in [-0.4, -0.2) is 28.0 Å². The molecule has 1 fully saturated rings. The minimum Gasteiger partial charge on any atom is -0.416 e. The van der Waals surface area contributed by atoms with Crippen molar-refractivity contribution in [3.05, 3.63) is 35.6 Å². The van der Waals surface area contributed by atoms with Crippen LogP contribution in [0.25, 0.3) is 0 Å². The van der Waals surface area contributed by atoms with Gasteiger partial charge in [-0.3, -0.25) is 0 Å². The lowest BCUT2D eigenvalue weighted by atomic mass is 9.89. The minimum atomic E-state index is -1.70. The van der Waals surface area contributed by atoms with Crippen LogP contribution in [0.3, 0.4) is 0 Å². The van der Waals surface area contributed by atoms with Crippen molar-refractivity contribution in [2.45, 2.75) is 44.8 Å². The topological polar surface area (TPSA) is 21.3 Å². The summed E-state index contributed by atoms with van der Waals surface area (Å²) in [7, 11) is -1.70. The van der Waals surface area contributed by atoms with E-state index in [-0.39, 0.29) is 10.9 Å². The van der Waals surface area contributed by atoms with Gasteiger partial charge in [0.05, 0.1) is 0 Å². The Hall–Kier alpha value is -0.713. The van der Waals surface area contributed by atoms with Crippen LogP contribution in [0.1, 0.15) is 32.3 Å². The largest absolute Gasteiger partial charge is 0.416 e. The number of nitrogens with one attached hydrogen (secondary N) is 1. The molecule has 1 N–H and O–H groups in total. The smallest absolute Gasteiger partial charge is 0.191 e. The summed E-state index contributed by atoms with van der Waals surface area (Å²) in [6.07, 6.45) is 0. The standard InChI is InChI=1S/C17H28FNOSi/c1-17(2,3)21(4,5)20-12-14-10-19-11-16(14)13-6-8-15(18)9-7-13/h6-9,14,16,19H,10-12H2,1-5H3/t14-,16-/m1/s1. The highest BCUT2D eigenvalue weighted by atomic mass is 28.4. The van der Waals surface area contributed by atoms with Crippen LogP contribution in [-0.2, 0) is 4.43 Å². The summed E-state index contributed by atoms with van der Waals surface area (Å²) in [6.45, 7) is 14.1. The van der Waals surface area contributed by atoms with E-state index in [2.05, 4.69) is 39.2 Å². The lowest BCUT2D eigenvalue weighted by Crippen LogP contribution is -2.42. The predicted molar refractivity (Wildman–Crippen MR) is 88.6 cm³/mol. The van der Waals surface area contributed by atoms with Crippen molar-refractivity contribution in [3.8, 4) is 0 Å². The van der Waals surface area contributed by atoms with Crippen LogP contribution in [0.5, 0.6) is 0 Å². The molecule has 0 radical (unpaired) electrons. The maximum absolute atomic E-state index is 13.1. The van der Waals surface area contributed by atoms with Crippen LogP contribution in [0.4, 0.5) is 4.39 Å². The summed E-state index contributed by atoms with van der Waals surface area (Å²) in [5, 5.41) is 3.69. The second kappa shape index (κ2) is 6.19. The quantitative estimate of drug-likeness (QED) is 0.844. The number of hydrogen-bond acceptors (Lipinski definition) is 2. The Labute approximate surface area is 129 Å². The highest BCUT2D eigenvalue weighted by Crippen LogP contribution is 2.38. The number of hydrogen-bond donors (Lipinski definition) is 1. The normalized spacial score (nSPS) is 23.5. The maximum Gasteiger partial charge on any atom is 0.191 e. The molecule has 0 bridgehead atoms. The average Bonchev–Trinajstić information content (AvgIpc) is 2.84. The molecule has 0 aromatic heterocycles. The molecule has 21 heavy (non-hydrogen) atoms. The van der Waals surface area contributed by atoms with Gasteiger partial charge in [-0.1, -0.05) is 32.9 Å². The van der Waals surface area contributed by atoms with Gasteiger partial charge >= 0.3 is 0 Å². The highest BCUT2D eigenvalue weighted by Gasteiger charge is 2.39. The van der Waals surface area contributed by atoms with Crippen LogP contribution in [0.15, 0.2) is 24.3 Å². The third kappa shape index (κ3) is 3.93. The third-order valence-corrected chi connectivity index (χ3v) is 9.60. The highest BCUT2D eigenvalue weighted by molar-refractivity contribution is 6.74. The second-order valence-electron chi connectivity index (χ2n) is 7.65. The molecular formula is C17H28FNOSi. The van der Waals surface area contributed by atoms with E-state index in [4.69, 9.17) is 4.43 Å². The Morgan fingerprint density at radius 3 is 2.38 bits per heavy atom. The summed E-state index contributed by atoms with van der Waals surface area (Å²) >= 11 is 0. The molecule has 0 amide bonds. The molecule has 118 valence electrons. The summed E-state index contributed by atoms with van der Waals surface area (Å²) in [6, 6.07) is 6.93. The average molecular weight is 310 g/mol. The monoisotopic (exact) mass is 309 g/mol. The molecule has 1 heterocycles. The zero-order valence-electron chi connectivity index (χ0n) is 13.9. The van der Waals surface area contributed by atoms with Crippen LogP contribution >= 0.6 is 0 Å². The van der Waals surface area contributed by atoms with Crippen molar-refractivity contribution in [3.63, 3.8) is 0 Å². The van der Waals surface area contributed by atoms with E-state index in [0.29, 0.717) is 11.8 Å². The van der Waals surface area contributed by atoms with Crippen molar-refractivity contribution < 1.29 is 8.82 Å². The van der Waals surface area contributed by atoms with Gasteiger partial charge in [0.2, 0.25) is 0 Å². The van der Waals surface area contributed by atoms with E-state index >= 15 is 0 Å². The first-order valence-electron chi connectivity index (χ1n) is 7.81. The first-order chi connectivity index (χ1) is 9.71. The Balaban J connectivity index is 2.01. The van der Waals surface area contributed by atoms with Crippen molar-refractivity contribution >= 4 is 8.32 Å². The fourth-order valence-electron chi connectivity index (χ4n) is 2.54. The van der Waals surface area contributed by atoms with E-state index in [9.17, 15) is 4.39 Å². The molecule has 0 unspecified atom stereocenters. The van der Waals surface area contributed by atoms with E-state index in [0.717, 1.165) is 19.7 Å². The van der Waals surface area contributed by atoms with Crippen LogP contribution in [0, 0.1) is 11.7 Å². The molecule has 4 heteroatoms. The first-order valence-corrected chi connectivity index (χ1v) is 10.7. The first kappa shape index (κ1) is 16.7. The fourth-order valence-corrected chi connectivity index (χ4v) is 3.60. The van der Waals surface area contributed by atoms with E-state index in [1.807, 2.05) is 12.1 Å². The van der Waals surface area contributed by atoms with Gasteiger partial charge in [0.1, 0.15) is 5.82 Å². The molecular weight excluding hydrogens is 281 g/mol. The molecule has 0 spiro atoms. The molecule has 1 aromatic rings. The molecule has 1 saturated heterocycles. The Bertz CT molecular complexity index is 467. The SMILES string of the molecule is CC(C)(C)[Si](C)(C)OC[C@H]1CNC[C@@H]1c1ccc(F)cc1. The van der Waals surface area contributed by atoms with Gasteiger partial charge in [-0.15, -0.1) is 0 Å². The van der Waals surface area contributed by atoms with Crippen LogP contribution < -0.4 is 5.32 Å². The summed E-state index contributed by atoms with van der Waals surface area (Å²) in [5.74, 6) is 0.735. The van der Waals surface area contributed by atoms with E-state index < -0.39 is 8.32 Å². The van der Waals surface area contributed by atoms with Crippen molar-refractivity contribution in [2.24, 2.45) is 5.92 Å². The van der Waals surface area contributed by atoms with Gasteiger partial charge in [0, 0.05) is 31.5 Å². The van der Waals surface area contributed by atoms with Gasteiger partial charge in [0.15, 0.2) is 8.32 Å². The van der Waals surface area contributed by atoms with E-state index in [1.165, 1.54) is 5.56 Å². The molecule has 1 aliphatic rings. The number of benzene rings is 1. The summed E-state index contributed by atoms with van der Waals surface area (Å²) < 4.78 is 19.4. The third-order valence-electron chi connectivity index (χ3n) is 5.10. The van der Waals surface area contributed by atoms with Crippen LogP contribution in [0.2, 0.25) is 18.1 Å². The molecule has 2 nitrogen and oxygen atoms in total. The van der Waals surface area contributed by atoms with Gasteiger partial charge in [0.25, 0.3) is 0 Å². The Morgan fingerprint density at radius 2 is 1.81 bits per heavy atom. The lowest BCUT2D eigenvalue weighted by molar-refractivity contribution is 0.227. The Morgan fingerprint density at radius 1 is 1.19 bits per heavy atom. The molecule has 0 saturated carbocycles. The second-order valence-corrected chi connectivity index (χ2v) is 12.5. The van der Waals surface area contributed by atoms with Crippen molar-refractivity contribution in [1.82, 2.24) is 5.32 Å². The Kier molecular flexibility index (Phi) is 4.91. The summed E-state index contributed by atoms with van der Waals surface area (Å²) in [4.78, 5) is 0. The van der Waals surface area contributed by atoms with Gasteiger partial charge in [-0.25, -0.2) is 4.39 Å². The molecule has 0 aliphatic carbocycles. The van der Waals surface area contributed by atoms with Crippen molar-refractivity contribution in [2.75, 3.05) is 19.7 Å². The van der Waals surface area contributed by atoms with Gasteiger partial charge in [-0.05, 0) is 35.8 Å². The molecule has 1 aliphatic heterocycles. The molecule has 2 rings (SSSR count). The zero-order valence-corrected chi connectivity index (χ0v) is 14.9. The lowest BCUT2D eigenvalue weighted by Gasteiger charge is -2.37. The molecule has 2 atom stereocenters. The number of halogens is 1. The molecule has 1 aromatic carbocycles. The van der Waals surface area contributed by atoms with Gasteiger partial charge < -0.3 is 9.74 Å².